The second-order valence-electron chi connectivity index (χ2n) is 4.78. The molecule has 4 nitrogen and oxygen atoms in total. The number of thiocarbonyl (C=S) groups is 1. The Balaban J connectivity index is 1.53. The molecule has 2 N–H and O–H groups in total. The highest BCUT2D eigenvalue weighted by atomic mass is 32.1. The molecule has 0 bridgehead atoms. The number of hydrogen-bond donors (Lipinski definition) is 2. The molecule has 0 aliphatic heterocycles. The fourth-order valence-electron chi connectivity index (χ4n) is 2.10. The van der Waals surface area contributed by atoms with Crippen LogP contribution in [0.15, 0.2) is 48.1 Å². The zero-order chi connectivity index (χ0) is 14.7. The van der Waals surface area contributed by atoms with Crippen LogP contribution >= 0.6 is 23.6 Å². The Kier molecular flexibility index (Phi) is 4.17. The van der Waals surface area contributed by atoms with E-state index in [1.165, 1.54) is 5.56 Å². The summed E-state index contributed by atoms with van der Waals surface area (Å²) in [6, 6.07) is 10.4. The third kappa shape index (κ3) is 3.40. The largest absolute Gasteiger partial charge is 0.357 e. The zero-order valence-electron chi connectivity index (χ0n) is 11.6. The third-order valence-electron chi connectivity index (χ3n) is 3.22. The maximum absolute atomic E-state index is 5.34. The fourth-order valence-corrected chi connectivity index (χ4v) is 3.07. The van der Waals surface area contributed by atoms with E-state index in [1.54, 1.807) is 11.3 Å². The monoisotopic (exact) mass is 316 g/mol. The summed E-state index contributed by atoms with van der Waals surface area (Å²) in [7, 11) is 0. The van der Waals surface area contributed by atoms with Gasteiger partial charge in [-0.3, -0.25) is 4.40 Å². The Labute approximate surface area is 132 Å². The summed E-state index contributed by atoms with van der Waals surface area (Å²) in [5.41, 5.74) is 2.20. The second-order valence-corrected chi connectivity index (χ2v) is 6.07. The summed E-state index contributed by atoms with van der Waals surface area (Å²) in [5.74, 6) is 0. The van der Waals surface area contributed by atoms with Crippen molar-refractivity contribution in [3.63, 3.8) is 0 Å². The number of aromatic nitrogens is 2. The molecule has 108 valence electrons. The van der Waals surface area contributed by atoms with Crippen molar-refractivity contribution < 1.29 is 0 Å². The van der Waals surface area contributed by atoms with Crippen molar-refractivity contribution in [3.05, 3.63) is 59.4 Å². The van der Waals surface area contributed by atoms with Crippen molar-refractivity contribution in [1.29, 1.82) is 0 Å². The smallest absolute Gasteiger partial charge is 0.193 e. The Morgan fingerprint density at radius 2 is 2.19 bits per heavy atom. The summed E-state index contributed by atoms with van der Waals surface area (Å²) in [4.78, 5) is 5.52. The number of nitrogens with zero attached hydrogens (tertiary/aromatic N) is 2. The molecule has 2 aromatic heterocycles. The SMILES string of the molecule is CC(NC(=S)NCc1cn2ccsc2n1)c1ccccc1. The third-order valence-corrected chi connectivity index (χ3v) is 4.25. The van der Waals surface area contributed by atoms with Gasteiger partial charge in [0.25, 0.3) is 0 Å². The van der Waals surface area contributed by atoms with Crippen LogP contribution in [-0.4, -0.2) is 14.5 Å². The summed E-state index contributed by atoms with van der Waals surface area (Å²) >= 11 is 6.96. The molecule has 21 heavy (non-hydrogen) atoms. The lowest BCUT2D eigenvalue weighted by Crippen LogP contribution is -2.36. The first-order chi connectivity index (χ1) is 10.2. The van der Waals surface area contributed by atoms with Crippen molar-refractivity contribution in [2.45, 2.75) is 19.5 Å². The van der Waals surface area contributed by atoms with Gasteiger partial charge >= 0.3 is 0 Å². The van der Waals surface area contributed by atoms with Crippen molar-refractivity contribution in [3.8, 4) is 0 Å². The highest BCUT2D eigenvalue weighted by Crippen LogP contribution is 2.12. The van der Waals surface area contributed by atoms with E-state index < -0.39 is 0 Å². The standard InChI is InChI=1S/C15H16N4S2/c1-11(12-5-3-2-4-6-12)17-14(20)16-9-13-10-19-7-8-21-15(19)18-13/h2-8,10-11H,9H2,1H3,(H2,16,17,20). The van der Waals surface area contributed by atoms with E-state index in [2.05, 4.69) is 34.7 Å². The fraction of sp³-hybridized carbons (Fsp3) is 0.200. The minimum atomic E-state index is 0.177. The van der Waals surface area contributed by atoms with Gasteiger partial charge in [0, 0.05) is 17.8 Å². The molecule has 3 rings (SSSR count). The maximum Gasteiger partial charge on any atom is 0.193 e. The molecule has 2 heterocycles. The van der Waals surface area contributed by atoms with Gasteiger partial charge in [-0.15, -0.1) is 11.3 Å². The zero-order valence-corrected chi connectivity index (χ0v) is 13.2. The molecule has 0 amide bonds. The predicted molar refractivity (Wildman–Crippen MR) is 90.5 cm³/mol. The van der Waals surface area contributed by atoms with Gasteiger partial charge in [-0.1, -0.05) is 30.3 Å². The number of fused-ring (bicyclic) bond motifs is 1. The van der Waals surface area contributed by atoms with Crippen molar-refractivity contribution in [1.82, 2.24) is 20.0 Å². The summed E-state index contributed by atoms with van der Waals surface area (Å²) in [5, 5.41) is 9.14. The van der Waals surface area contributed by atoms with Gasteiger partial charge < -0.3 is 10.6 Å². The first-order valence-electron chi connectivity index (χ1n) is 6.73. The highest BCUT2D eigenvalue weighted by molar-refractivity contribution is 7.80. The van der Waals surface area contributed by atoms with Crippen LogP contribution in [-0.2, 0) is 6.54 Å². The lowest BCUT2D eigenvalue weighted by Gasteiger charge is -2.16. The van der Waals surface area contributed by atoms with Gasteiger partial charge in [0.2, 0.25) is 0 Å². The molecule has 0 spiro atoms. The molecule has 0 saturated heterocycles. The first-order valence-corrected chi connectivity index (χ1v) is 8.01. The minimum absolute atomic E-state index is 0.177. The first kappa shape index (κ1) is 14.0. The number of benzene rings is 1. The minimum Gasteiger partial charge on any atom is -0.357 e. The van der Waals surface area contributed by atoms with Crippen LogP contribution in [0, 0.1) is 0 Å². The van der Waals surface area contributed by atoms with Crippen LogP contribution in [0.5, 0.6) is 0 Å². The van der Waals surface area contributed by atoms with Crippen molar-refractivity contribution in [2.24, 2.45) is 0 Å². The normalized spacial score (nSPS) is 12.2. The van der Waals surface area contributed by atoms with Crippen LogP contribution in [0.25, 0.3) is 4.96 Å². The lowest BCUT2D eigenvalue weighted by molar-refractivity contribution is 0.696. The summed E-state index contributed by atoms with van der Waals surface area (Å²) in [6.07, 6.45) is 4.02. The summed E-state index contributed by atoms with van der Waals surface area (Å²) in [6.45, 7) is 2.72. The Bertz CT molecular complexity index is 704. The quantitative estimate of drug-likeness (QED) is 0.726. The van der Waals surface area contributed by atoms with Gasteiger partial charge in [0.15, 0.2) is 10.1 Å². The van der Waals surface area contributed by atoms with Crippen LogP contribution in [0.1, 0.15) is 24.2 Å². The van der Waals surface area contributed by atoms with Gasteiger partial charge in [-0.05, 0) is 24.7 Å². The van der Waals surface area contributed by atoms with Crippen LogP contribution in [0.2, 0.25) is 0 Å². The number of nitrogens with one attached hydrogen (secondary N) is 2. The Morgan fingerprint density at radius 1 is 1.38 bits per heavy atom. The molecule has 3 aromatic rings. The predicted octanol–water partition coefficient (Wildman–Crippen LogP) is 3.12. The Hall–Kier alpha value is -1.92. The van der Waals surface area contributed by atoms with E-state index in [0.717, 1.165) is 10.7 Å². The van der Waals surface area contributed by atoms with Crippen LogP contribution < -0.4 is 10.6 Å². The molecule has 1 atom stereocenters. The molecule has 6 heteroatoms. The van der Waals surface area contributed by atoms with Crippen LogP contribution in [0.4, 0.5) is 0 Å². The van der Waals surface area contributed by atoms with E-state index in [4.69, 9.17) is 12.2 Å². The van der Waals surface area contributed by atoms with E-state index >= 15 is 0 Å². The average Bonchev–Trinajstić information content (AvgIpc) is 3.07. The lowest BCUT2D eigenvalue weighted by atomic mass is 10.1. The number of imidazole rings is 1. The van der Waals surface area contributed by atoms with E-state index in [0.29, 0.717) is 11.7 Å². The molecular weight excluding hydrogens is 300 g/mol. The van der Waals surface area contributed by atoms with E-state index in [1.807, 2.05) is 40.4 Å². The number of thiazole rings is 1. The number of rotatable bonds is 4. The molecule has 0 radical (unpaired) electrons. The van der Waals surface area contributed by atoms with E-state index in [-0.39, 0.29) is 6.04 Å². The molecule has 0 aliphatic carbocycles. The molecule has 1 unspecified atom stereocenters. The molecule has 0 aliphatic rings. The topological polar surface area (TPSA) is 41.4 Å². The summed E-state index contributed by atoms with van der Waals surface area (Å²) < 4.78 is 2.02. The maximum atomic E-state index is 5.34. The Morgan fingerprint density at radius 3 is 2.95 bits per heavy atom. The van der Waals surface area contributed by atoms with Crippen LogP contribution in [0.3, 0.4) is 0 Å². The molecule has 0 saturated carbocycles. The van der Waals surface area contributed by atoms with Gasteiger partial charge in [-0.25, -0.2) is 4.98 Å². The van der Waals surface area contributed by atoms with E-state index in [9.17, 15) is 0 Å². The molecule has 1 aromatic carbocycles. The second kappa shape index (κ2) is 6.24. The van der Waals surface area contributed by atoms with Crippen molar-refractivity contribution >= 4 is 33.6 Å². The number of hydrogen-bond acceptors (Lipinski definition) is 3. The van der Waals surface area contributed by atoms with Gasteiger partial charge in [0.05, 0.1) is 18.3 Å². The molecule has 0 fully saturated rings. The van der Waals surface area contributed by atoms with Gasteiger partial charge in [-0.2, -0.15) is 0 Å². The van der Waals surface area contributed by atoms with Gasteiger partial charge in [0.1, 0.15) is 0 Å². The molecular formula is C15H16N4S2. The average molecular weight is 316 g/mol. The highest BCUT2D eigenvalue weighted by Gasteiger charge is 2.07. The van der Waals surface area contributed by atoms with Crippen molar-refractivity contribution in [2.75, 3.05) is 0 Å².